The van der Waals surface area contributed by atoms with Gasteiger partial charge in [-0.05, 0) is 72.2 Å². The molecule has 342 valence electrons. The maximum Gasteiger partial charge on any atom is 0.168 e. The summed E-state index contributed by atoms with van der Waals surface area (Å²) >= 11 is 0. The van der Waals surface area contributed by atoms with Gasteiger partial charge in [-0.25, -0.2) is 9.13 Å². The molecule has 0 radical (unpaired) electrons. The summed E-state index contributed by atoms with van der Waals surface area (Å²) in [4.78, 5) is 0. The summed E-state index contributed by atoms with van der Waals surface area (Å²) in [6.45, 7) is 3.88. The Bertz CT molecular complexity index is 1710. The molecule has 0 amide bonds. The molecule has 5 aromatic rings. The van der Waals surface area contributed by atoms with Gasteiger partial charge >= 0.3 is 0 Å². The van der Waals surface area contributed by atoms with Crippen LogP contribution in [0, 0.1) is 0 Å². The van der Waals surface area contributed by atoms with Crippen molar-refractivity contribution < 1.29 is 52.6 Å². The molecule has 5 rings (SSSR count). The predicted octanol–water partition coefficient (Wildman–Crippen LogP) is 9.21. The van der Waals surface area contributed by atoms with Crippen molar-refractivity contribution in [1.82, 2.24) is 0 Å². The van der Waals surface area contributed by atoms with E-state index in [0.717, 1.165) is 50.6 Å². The van der Waals surface area contributed by atoms with E-state index in [9.17, 15) is 0 Å². The fourth-order valence-electron chi connectivity index (χ4n) is 7.62. The van der Waals surface area contributed by atoms with E-state index in [1.807, 2.05) is 0 Å². The first-order chi connectivity index (χ1) is 29.8. The van der Waals surface area contributed by atoms with E-state index in [2.05, 4.69) is 167 Å². The molecule has 0 atom stereocenters. The maximum atomic E-state index is 6.03. The van der Waals surface area contributed by atoms with Gasteiger partial charge in [0.05, 0.1) is 13.2 Å². The van der Waals surface area contributed by atoms with Crippen LogP contribution in [0.2, 0.25) is 0 Å². The molecule has 63 heavy (non-hydrogen) atoms. The molecule has 0 aliphatic rings. The van der Waals surface area contributed by atoms with Crippen LogP contribution in [0.25, 0.3) is 24.3 Å². The van der Waals surface area contributed by atoms with Crippen molar-refractivity contribution >= 4 is 24.3 Å². The third-order valence-corrected chi connectivity index (χ3v) is 11.3. The van der Waals surface area contributed by atoms with Crippen LogP contribution in [-0.2, 0) is 13.1 Å². The number of rotatable bonds is 32. The highest BCUT2D eigenvalue weighted by molar-refractivity contribution is 5.73. The molecule has 0 aliphatic carbocycles. The number of unbranched alkanes of at least 4 members (excludes halogenated alkanes) is 18. The van der Waals surface area contributed by atoms with Crippen molar-refractivity contribution in [3.05, 3.63) is 156 Å². The smallest absolute Gasteiger partial charge is 0.168 e. The topological polar surface area (TPSA) is 26.2 Å². The van der Waals surface area contributed by atoms with Gasteiger partial charge in [-0.15, -0.1) is 0 Å². The third-order valence-electron chi connectivity index (χ3n) is 11.3. The number of aryl methyl sites for hydroxylation is 2. The molecule has 0 saturated heterocycles. The van der Waals surface area contributed by atoms with Crippen LogP contribution >= 0.6 is 0 Å². The van der Waals surface area contributed by atoms with E-state index >= 15 is 0 Å². The van der Waals surface area contributed by atoms with Gasteiger partial charge in [0.25, 0.3) is 0 Å². The number of hydrogen-bond acceptors (Lipinski definition) is 2. The quantitative estimate of drug-likeness (QED) is 0.0244. The van der Waals surface area contributed by atoms with E-state index in [-0.39, 0.29) is 41.4 Å². The normalized spacial score (nSPS) is 10.9. The van der Waals surface area contributed by atoms with Gasteiger partial charge in [0.1, 0.15) is 24.6 Å². The van der Waals surface area contributed by atoms with Gasteiger partial charge in [0.2, 0.25) is 0 Å². The second-order valence-electron chi connectivity index (χ2n) is 16.5. The molecule has 6 heteroatoms. The molecule has 0 aliphatic heterocycles. The van der Waals surface area contributed by atoms with Crippen molar-refractivity contribution in [3.63, 3.8) is 0 Å². The minimum absolute atomic E-state index is 0. The van der Waals surface area contributed by atoms with Gasteiger partial charge in [-0.2, -0.15) is 0 Å². The average molecular weight is 983 g/mol. The molecule has 3 aromatic carbocycles. The molecular weight excluding hydrogens is 904 g/mol. The number of hydrogen-bond donors (Lipinski definition) is 0. The van der Waals surface area contributed by atoms with E-state index in [0.29, 0.717) is 0 Å². The molecule has 0 fully saturated rings. The summed E-state index contributed by atoms with van der Waals surface area (Å²) in [5.74, 6) is 1.91. The Morgan fingerprint density at radius 3 is 0.825 bits per heavy atom. The van der Waals surface area contributed by atoms with Crippen molar-refractivity contribution in [3.8, 4) is 11.5 Å². The second-order valence-corrected chi connectivity index (χ2v) is 16.5. The average Bonchev–Trinajstić information content (AvgIpc) is 3.30. The highest BCUT2D eigenvalue weighted by atomic mass is 79.9. The maximum absolute atomic E-state index is 6.03. The minimum Gasteiger partial charge on any atom is -1.00 e. The third kappa shape index (κ3) is 25.8. The lowest BCUT2D eigenvalue weighted by molar-refractivity contribution is -0.697. The van der Waals surface area contributed by atoms with Crippen molar-refractivity contribution in [1.29, 1.82) is 0 Å². The Morgan fingerprint density at radius 2 is 0.540 bits per heavy atom. The molecule has 2 heterocycles. The summed E-state index contributed by atoms with van der Waals surface area (Å²) < 4.78 is 16.6. The van der Waals surface area contributed by atoms with Crippen LogP contribution in [-0.4, -0.2) is 13.2 Å². The first-order valence-corrected chi connectivity index (χ1v) is 23.6. The van der Waals surface area contributed by atoms with Gasteiger partial charge in [0.15, 0.2) is 24.8 Å². The van der Waals surface area contributed by atoms with Gasteiger partial charge in [-0.1, -0.05) is 182 Å². The molecule has 0 N–H and O–H groups in total. The summed E-state index contributed by atoms with van der Waals surface area (Å²) in [6.07, 6.45) is 43.7. The predicted molar refractivity (Wildman–Crippen MR) is 261 cm³/mol. The minimum atomic E-state index is 0. The van der Waals surface area contributed by atoms with Crippen LogP contribution in [0.4, 0.5) is 0 Å². The SMILES string of the molecule is C.C(=C\c1ccc(OCCCCCCCCCCCC[n+]2ccccc2)cc1)/c1ccc(/C=C/c2ccc(OCCCCCCCCCCCC[n+]3ccccc3)cc2)cc1.[Br-].[Br-]. The van der Waals surface area contributed by atoms with E-state index in [4.69, 9.17) is 9.47 Å². The first kappa shape index (κ1) is 55.1. The van der Waals surface area contributed by atoms with E-state index in [1.54, 1.807) is 0 Å². The Labute approximate surface area is 404 Å². The summed E-state index contributed by atoms with van der Waals surface area (Å²) in [5.41, 5.74) is 4.73. The second kappa shape index (κ2) is 36.4. The van der Waals surface area contributed by atoms with Gasteiger partial charge in [-0.3, -0.25) is 0 Å². The van der Waals surface area contributed by atoms with Crippen molar-refractivity contribution in [2.75, 3.05) is 13.2 Å². The standard InChI is InChI=1S/C56H74N2O2.CH4.2BrH/c1(5-9-13-19-43-57-45-21-17-22-46-57)3-7-11-15-25-49-59-55-39-35-53(36-40-55)33-31-51-27-29-52(30-28-51)32-34-54-37-41-56(42-38-54)60-50-26-16-12-8-4-2-6-10-14-20-44-58-47-23-18-24-48-58;;;/h17-18,21-24,27-42,45-48H,1-16,19-20,25-26,43-44,49-50H2;1H4;2*1H/q+2;;;/p-2/b33-31+,34-32+;;;. The number of halogens is 2. The van der Waals surface area contributed by atoms with Crippen LogP contribution in [0.5, 0.6) is 11.5 Å². The van der Waals surface area contributed by atoms with Crippen molar-refractivity contribution in [2.24, 2.45) is 0 Å². The lowest BCUT2D eigenvalue weighted by atomic mass is 10.1. The zero-order valence-corrected chi connectivity index (χ0v) is 40.6. The van der Waals surface area contributed by atoms with Crippen LogP contribution in [0.15, 0.2) is 134 Å². The fraction of sp³-hybridized carbons (Fsp3) is 0.439. The fourth-order valence-corrected chi connectivity index (χ4v) is 7.62. The monoisotopic (exact) mass is 980 g/mol. The van der Waals surface area contributed by atoms with Gasteiger partial charge in [0, 0.05) is 37.1 Å². The van der Waals surface area contributed by atoms with E-state index in [1.165, 1.54) is 138 Å². The zero-order chi connectivity index (χ0) is 41.4. The lowest BCUT2D eigenvalue weighted by Crippen LogP contribution is -3.00. The Balaban J connectivity index is 0.00000455. The molecule has 0 saturated carbocycles. The summed E-state index contributed by atoms with van der Waals surface area (Å²) in [6, 6.07) is 38.2. The van der Waals surface area contributed by atoms with Crippen LogP contribution in [0.1, 0.15) is 158 Å². The number of nitrogens with zero attached hydrogens (tertiary/aromatic N) is 2. The molecule has 0 bridgehead atoms. The molecule has 2 aromatic heterocycles. The summed E-state index contributed by atoms with van der Waals surface area (Å²) in [5, 5.41) is 0. The van der Waals surface area contributed by atoms with Crippen LogP contribution < -0.4 is 52.6 Å². The lowest BCUT2D eigenvalue weighted by Gasteiger charge is -2.07. The number of benzene rings is 3. The Kier molecular flexibility index (Phi) is 31.8. The van der Waals surface area contributed by atoms with Gasteiger partial charge < -0.3 is 43.4 Å². The zero-order valence-electron chi connectivity index (χ0n) is 37.4. The number of ether oxygens (including phenoxy) is 2. The molecule has 4 nitrogen and oxygen atoms in total. The first-order valence-electron chi connectivity index (χ1n) is 23.6. The largest absolute Gasteiger partial charge is 1.00 e. The molecule has 0 unspecified atom stereocenters. The molecule has 0 spiro atoms. The Hall–Kier alpha value is -4.00. The highest BCUT2D eigenvalue weighted by Gasteiger charge is 2.01. The number of aromatic nitrogens is 2. The van der Waals surface area contributed by atoms with Crippen LogP contribution in [0.3, 0.4) is 0 Å². The number of pyridine rings is 2. The highest BCUT2D eigenvalue weighted by Crippen LogP contribution is 2.19. The summed E-state index contributed by atoms with van der Waals surface area (Å²) in [7, 11) is 0. The van der Waals surface area contributed by atoms with E-state index < -0.39 is 0 Å². The Morgan fingerprint density at radius 1 is 0.302 bits per heavy atom. The molecular formula is C57H78Br2N2O2. The van der Waals surface area contributed by atoms with Crippen molar-refractivity contribution in [2.45, 2.75) is 149 Å².